The summed E-state index contributed by atoms with van der Waals surface area (Å²) in [5.74, 6) is 1.04. The molecule has 4 nitrogen and oxygen atoms in total. The quantitative estimate of drug-likeness (QED) is 0.943. The topological polar surface area (TPSA) is 45.5 Å². The number of carbonyl (C=O) groups is 1. The third-order valence-corrected chi connectivity index (χ3v) is 4.21. The number of carbonyl (C=O) groups excluding carboxylic acids is 1. The van der Waals surface area contributed by atoms with Gasteiger partial charge in [0, 0.05) is 38.5 Å². The first-order valence-corrected chi connectivity index (χ1v) is 7.99. The number of halogens is 1. The van der Waals surface area contributed by atoms with Crippen molar-refractivity contribution in [1.82, 2.24) is 10.2 Å². The van der Waals surface area contributed by atoms with E-state index in [4.69, 9.17) is 4.42 Å². The maximum Gasteiger partial charge on any atom is 0.223 e. The zero-order valence-electron chi connectivity index (χ0n) is 13.2. The lowest BCUT2D eigenvalue weighted by molar-refractivity contribution is -0.133. The zero-order chi connectivity index (χ0) is 16.2. The van der Waals surface area contributed by atoms with Crippen molar-refractivity contribution < 1.29 is 13.6 Å². The Kier molecular flexibility index (Phi) is 4.76. The molecule has 1 fully saturated rings. The van der Waals surface area contributed by atoms with Crippen LogP contribution in [0, 0.1) is 5.82 Å². The molecule has 0 aliphatic carbocycles. The number of amides is 1. The number of piperazine rings is 1. The van der Waals surface area contributed by atoms with Crippen molar-refractivity contribution >= 4 is 5.91 Å². The molecule has 1 aliphatic heterocycles. The normalized spacial score (nSPS) is 18.2. The van der Waals surface area contributed by atoms with E-state index >= 15 is 0 Å². The summed E-state index contributed by atoms with van der Waals surface area (Å²) in [4.78, 5) is 14.2. The Morgan fingerprint density at radius 1 is 1.35 bits per heavy atom. The fourth-order valence-corrected chi connectivity index (χ4v) is 2.90. The second-order valence-electron chi connectivity index (χ2n) is 5.89. The van der Waals surface area contributed by atoms with Crippen molar-refractivity contribution in [3.05, 3.63) is 48.0 Å². The van der Waals surface area contributed by atoms with Gasteiger partial charge in [0.1, 0.15) is 17.3 Å². The average molecular weight is 316 g/mol. The second-order valence-corrected chi connectivity index (χ2v) is 5.89. The smallest absolute Gasteiger partial charge is 0.223 e. The van der Waals surface area contributed by atoms with E-state index < -0.39 is 0 Å². The molecule has 1 aromatic carbocycles. The molecule has 1 aromatic heterocycles. The number of aryl methyl sites for hydroxylation is 1. The van der Waals surface area contributed by atoms with E-state index in [-0.39, 0.29) is 17.8 Å². The molecule has 1 amide bonds. The van der Waals surface area contributed by atoms with Crippen molar-refractivity contribution in [2.45, 2.75) is 25.8 Å². The summed E-state index contributed by atoms with van der Waals surface area (Å²) < 4.78 is 19.4. The number of hydrogen-bond donors (Lipinski definition) is 1. The number of benzene rings is 1. The molecular weight excluding hydrogens is 295 g/mol. The van der Waals surface area contributed by atoms with Gasteiger partial charge in [-0.15, -0.1) is 0 Å². The number of rotatable bonds is 4. The third kappa shape index (κ3) is 3.62. The monoisotopic (exact) mass is 316 g/mol. The molecule has 1 aliphatic rings. The molecular formula is C18H21FN2O2. The van der Waals surface area contributed by atoms with E-state index in [0.29, 0.717) is 29.9 Å². The largest absolute Gasteiger partial charge is 0.461 e. The first-order chi connectivity index (χ1) is 11.1. The van der Waals surface area contributed by atoms with Gasteiger partial charge in [0.05, 0.1) is 5.56 Å². The molecule has 1 unspecified atom stereocenters. The van der Waals surface area contributed by atoms with Gasteiger partial charge in [-0.1, -0.05) is 12.1 Å². The van der Waals surface area contributed by atoms with Crippen LogP contribution >= 0.6 is 0 Å². The number of nitrogens with one attached hydrogen (secondary N) is 1. The van der Waals surface area contributed by atoms with E-state index in [1.807, 2.05) is 17.9 Å². The molecule has 1 atom stereocenters. The van der Waals surface area contributed by atoms with Gasteiger partial charge in [0.25, 0.3) is 0 Å². The maximum atomic E-state index is 13.8. The summed E-state index contributed by atoms with van der Waals surface area (Å²) in [5, 5.41) is 3.27. The Morgan fingerprint density at radius 2 is 2.17 bits per heavy atom. The molecule has 2 heterocycles. The van der Waals surface area contributed by atoms with Crippen LogP contribution in [0.1, 0.15) is 19.1 Å². The molecule has 122 valence electrons. The predicted molar refractivity (Wildman–Crippen MR) is 86.5 cm³/mol. The Labute approximate surface area is 135 Å². The molecule has 2 aromatic rings. The van der Waals surface area contributed by atoms with E-state index in [0.717, 1.165) is 19.6 Å². The summed E-state index contributed by atoms with van der Waals surface area (Å²) in [5.41, 5.74) is 0.445. The van der Waals surface area contributed by atoms with Gasteiger partial charge in [-0.2, -0.15) is 0 Å². The number of furan rings is 1. The van der Waals surface area contributed by atoms with Crippen LogP contribution in [0.15, 0.2) is 40.8 Å². The highest BCUT2D eigenvalue weighted by atomic mass is 19.1. The fourth-order valence-electron chi connectivity index (χ4n) is 2.90. The Morgan fingerprint density at radius 3 is 2.96 bits per heavy atom. The fraction of sp³-hybridized carbons (Fsp3) is 0.389. The van der Waals surface area contributed by atoms with Gasteiger partial charge in [-0.25, -0.2) is 4.39 Å². The van der Waals surface area contributed by atoms with Crippen LogP contribution in [0.5, 0.6) is 0 Å². The predicted octanol–water partition coefficient (Wildman–Crippen LogP) is 2.84. The van der Waals surface area contributed by atoms with Crippen LogP contribution in [0.25, 0.3) is 11.3 Å². The van der Waals surface area contributed by atoms with Crippen molar-refractivity contribution in [2.24, 2.45) is 0 Å². The highest BCUT2D eigenvalue weighted by Gasteiger charge is 2.22. The summed E-state index contributed by atoms with van der Waals surface area (Å²) in [6, 6.07) is 10.3. The molecule has 5 heteroatoms. The lowest BCUT2D eigenvalue weighted by Crippen LogP contribution is -2.52. The van der Waals surface area contributed by atoms with E-state index in [2.05, 4.69) is 5.32 Å². The van der Waals surface area contributed by atoms with Gasteiger partial charge in [-0.05, 0) is 31.2 Å². The second kappa shape index (κ2) is 6.96. The minimum Gasteiger partial charge on any atom is -0.461 e. The molecule has 0 spiro atoms. The van der Waals surface area contributed by atoms with Crippen LogP contribution in [-0.2, 0) is 11.2 Å². The van der Waals surface area contributed by atoms with Crippen molar-refractivity contribution in [3.8, 4) is 11.3 Å². The van der Waals surface area contributed by atoms with E-state index in [1.54, 1.807) is 24.3 Å². The number of hydrogen-bond acceptors (Lipinski definition) is 3. The van der Waals surface area contributed by atoms with Gasteiger partial charge in [-0.3, -0.25) is 4.79 Å². The minimum absolute atomic E-state index is 0.142. The maximum absolute atomic E-state index is 13.8. The standard InChI is InChI=1S/C18H21FN2O2/c1-13-12-20-10-11-21(13)18(22)9-7-14-6-8-17(23-14)15-4-2-3-5-16(15)19/h2-6,8,13,20H,7,9-12H2,1H3. The Balaban J connectivity index is 1.61. The van der Waals surface area contributed by atoms with Gasteiger partial charge in [0.15, 0.2) is 0 Å². The highest BCUT2D eigenvalue weighted by molar-refractivity contribution is 5.77. The number of nitrogens with zero attached hydrogens (tertiary/aromatic N) is 1. The van der Waals surface area contributed by atoms with Gasteiger partial charge < -0.3 is 14.6 Å². The Bertz CT molecular complexity index is 683. The van der Waals surface area contributed by atoms with E-state index in [1.165, 1.54) is 6.07 Å². The summed E-state index contributed by atoms with van der Waals surface area (Å²) in [6.45, 7) is 4.48. The van der Waals surface area contributed by atoms with E-state index in [9.17, 15) is 9.18 Å². The lowest BCUT2D eigenvalue weighted by Gasteiger charge is -2.34. The van der Waals surface area contributed by atoms with Crippen molar-refractivity contribution in [1.29, 1.82) is 0 Å². The molecule has 0 radical (unpaired) electrons. The SMILES string of the molecule is CC1CNCCN1C(=O)CCc1ccc(-c2ccccc2F)o1. The zero-order valence-corrected chi connectivity index (χ0v) is 13.2. The summed E-state index contributed by atoms with van der Waals surface area (Å²) in [7, 11) is 0. The lowest BCUT2D eigenvalue weighted by atomic mass is 10.1. The first kappa shape index (κ1) is 15.7. The molecule has 0 saturated carbocycles. The first-order valence-electron chi connectivity index (χ1n) is 7.99. The van der Waals surface area contributed by atoms with Crippen molar-refractivity contribution in [2.75, 3.05) is 19.6 Å². The minimum atomic E-state index is -0.306. The van der Waals surface area contributed by atoms with Crippen LogP contribution in [0.3, 0.4) is 0 Å². The van der Waals surface area contributed by atoms with Crippen LogP contribution in [0.4, 0.5) is 4.39 Å². The van der Waals surface area contributed by atoms with Crippen molar-refractivity contribution in [3.63, 3.8) is 0 Å². The third-order valence-electron chi connectivity index (χ3n) is 4.21. The average Bonchev–Trinajstić information content (AvgIpc) is 3.02. The molecule has 1 N–H and O–H groups in total. The molecule has 3 rings (SSSR count). The molecule has 0 bridgehead atoms. The Hall–Kier alpha value is -2.14. The highest BCUT2D eigenvalue weighted by Crippen LogP contribution is 2.25. The summed E-state index contributed by atoms with van der Waals surface area (Å²) in [6.07, 6.45) is 0.943. The van der Waals surface area contributed by atoms with Crippen LogP contribution in [0.2, 0.25) is 0 Å². The molecule has 1 saturated heterocycles. The van der Waals surface area contributed by atoms with Crippen LogP contribution in [-0.4, -0.2) is 36.5 Å². The van der Waals surface area contributed by atoms with Crippen LogP contribution < -0.4 is 5.32 Å². The molecule has 23 heavy (non-hydrogen) atoms. The summed E-state index contributed by atoms with van der Waals surface area (Å²) >= 11 is 0. The van der Waals surface area contributed by atoms with Gasteiger partial charge in [0.2, 0.25) is 5.91 Å². The van der Waals surface area contributed by atoms with Gasteiger partial charge >= 0.3 is 0 Å².